The van der Waals surface area contributed by atoms with E-state index in [1.807, 2.05) is 13.0 Å². The fraction of sp³-hybridized carbons (Fsp3) is 0.364. The van der Waals surface area contributed by atoms with Crippen molar-refractivity contribution in [2.75, 3.05) is 0 Å². The van der Waals surface area contributed by atoms with E-state index in [-0.39, 0.29) is 17.9 Å². The second-order valence-electron chi connectivity index (χ2n) is 6.85. The molecule has 0 saturated heterocycles. The molecular weight excluding hydrogens is 374 g/mol. The summed E-state index contributed by atoms with van der Waals surface area (Å²) in [5, 5.41) is 0. The van der Waals surface area contributed by atoms with Crippen LogP contribution in [0.4, 0.5) is 0 Å². The maximum Gasteiger partial charge on any atom is 0.303 e. The minimum atomic E-state index is -4.13. The lowest BCUT2D eigenvalue weighted by molar-refractivity contribution is -0.141. The minimum Gasteiger partial charge on any atom is -0.289 e. The van der Waals surface area contributed by atoms with Crippen LogP contribution in [-0.4, -0.2) is 24.4 Å². The van der Waals surface area contributed by atoms with Gasteiger partial charge in [0.05, 0.1) is 11.4 Å². The summed E-state index contributed by atoms with van der Waals surface area (Å²) in [6.07, 6.45) is 3.50. The van der Waals surface area contributed by atoms with Crippen molar-refractivity contribution in [2.24, 2.45) is 0 Å². The van der Waals surface area contributed by atoms with E-state index in [2.05, 4.69) is 6.92 Å². The van der Waals surface area contributed by atoms with Gasteiger partial charge in [0.15, 0.2) is 0 Å². The second-order valence-corrected chi connectivity index (χ2v) is 8.71. The highest BCUT2D eigenvalue weighted by Crippen LogP contribution is 2.20. The van der Waals surface area contributed by atoms with E-state index in [0.29, 0.717) is 16.3 Å². The number of carbonyl (C=O) groups is 2. The van der Waals surface area contributed by atoms with Crippen LogP contribution < -0.4 is 0 Å². The topological polar surface area (TPSA) is 71.5 Å². The van der Waals surface area contributed by atoms with E-state index in [1.165, 1.54) is 12.1 Å². The average Bonchev–Trinajstić information content (AvgIpc) is 2.69. The lowest BCUT2D eigenvalue weighted by atomic mass is 10.1. The molecule has 0 N–H and O–H groups in total. The molecule has 0 fully saturated rings. The first-order chi connectivity index (χ1) is 13.4. The maximum absolute atomic E-state index is 13.1. The van der Waals surface area contributed by atoms with E-state index in [0.717, 1.165) is 24.8 Å². The summed E-state index contributed by atoms with van der Waals surface area (Å²) in [6.45, 7) is 3.74. The number of sulfonamides is 1. The van der Waals surface area contributed by atoms with Crippen LogP contribution in [0.2, 0.25) is 0 Å². The molecule has 0 bridgehead atoms. The van der Waals surface area contributed by atoms with Gasteiger partial charge in [-0.3, -0.25) is 9.59 Å². The van der Waals surface area contributed by atoms with Gasteiger partial charge in [-0.15, -0.1) is 0 Å². The Morgan fingerprint density at radius 1 is 0.893 bits per heavy atom. The molecule has 1 amide bonds. The van der Waals surface area contributed by atoms with Crippen molar-refractivity contribution in [1.82, 2.24) is 4.31 Å². The van der Waals surface area contributed by atoms with Crippen molar-refractivity contribution in [1.29, 1.82) is 0 Å². The Bertz CT molecular complexity index is 890. The summed E-state index contributed by atoms with van der Waals surface area (Å²) < 4.78 is 26.9. The monoisotopic (exact) mass is 401 g/mol. The van der Waals surface area contributed by atoms with Gasteiger partial charge in [-0.1, -0.05) is 74.2 Å². The number of amides is 1. The first-order valence-electron chi connectivity index (χ1n) is 9.56. The number of rotatable bonds is 10. The van der Waals surface area contributed by atoms with Crippen molar-refractivity contribution in [3.63, 3.8) is 0 Å². The van der Waals surface area contributed by atoms with Gasteiger partial charge in [0.25, 0.3) is 10.0 Å². The summed E-state index contributed by atoms with van der Waals surface area (Å²) in [4.78, 5) is 25.2. The molecule has 2 aromatic rings. The van der Waals surface area contributed by atoms with Crippen molar-refractivity contribution < 1.29 is 18.0 Å². The number of ketones is 1. The van der Waals surface area contributed by atoms with Crippen LogP contribution in [0.5, 0.6) is 0 Å². The Morgan fingerprint density at radius 2 is 1.54 bits per heavy atom. The van der Waals surface area contributed by atoms with Crippen molar-refractivity contribution in [2.45, 2.75) is 57.4 Å². The lowest BCUT2D eigenvalue weighted by Gasteiger charge is -2.22. The van der Waals surface area contributed by atoms with E-state index in [9.17, 15) is 18.0 Å². The van der Waals surface area contributed by atoms with Gasteiger partial charge >= 0.3 is 5.91 Å². The van der Waals surface area contributed by atoms with Gasteiger partial charge in [0.2, 0.25) is 5.78 Å². The predicted molar refractivity (Wildman–Crippen MR) is 109 cm³/mol. The molecule has 2 rings (SSSR count). The molecule has 0 saturated carbocycles. The molecule has 0 unspecified atom stereocenters. The normalized spacial score (nSPS) is 11.2. The highest BCUT2D eigenvalue weighted by Gasteiger charge is 2.33. The molecule has 0 aliphatic heterocycles. The zero-order valence-electron chi connectivity index (χ0n) is 16.4. The Morgan fingerprint density at radius 3 is 2.14 bits per heavy atom. The number of benzene rings is 2. The van der Waals surface area contributed by atoms with Crippen molar-refractivity contribution in [3.8, 4) is 0 Å². The van der Waals surface area contributed by atoms with Crippen LogP contribution in [0.25, 0.3) is 0 Å². The summed E-state index contributed by atoms with van der Waals surface area (Å²) >= 11 is 0. The molecule has 0 atom stereocenters. The number of hydrogen-bond donors (Lipinski definition) is 0. The van der Waals surface area contributed by atoms with E-state index < -0.39 is 21.7 Å². The highest BCUT2D eigenvalue weighted by atomic mass is 32.2. The first kappa shape index (κ1) is 21.8. The highest BCUT2D eigenvalue weighted by molar-refractivity contribution is 7.89. The molecule has 5 nitrogen and oxygen atoms in total. The van der Waals surface area contributed by atoms with Crippen molar-refractivity contribution in [3.05, 3.63) is 65.7 Å². The average molecular weight is 402 g/mol. The van der Waals surface area contributed by atoms with Gasteiger partial charge in [-0.2, -0.15) is 0 Å². The molecule has 0 aliphatic carbocycles. The van der Waals surface area contributed by atoms with Crippen LogP contribution in [0.1, 0.15) is 50.2 Å². The van der Waals surface area contributed by atoms with Gasteiger partial charge in [-0.25, -0.2) is 12.7 Å². The van der Waals surface area contributed by atoms with Gasteiger partial charge in [0.1, 0.15) is 0 Å². The summed E-state index contributed by atoms with van der Waals surface area (Å²) in [5.74, 6) is -1.64. The summed E-state index contributed by atoms with van der Waals surface area (Å²) in [7, 11) is -4.13. The quantitative estimate of drug-likeness (QED) is 0.441. The van der Waals surface area contributed by atoms with Crippen LogP contribution in [0, 0.1) is 6.92 Å². The molecule has 0 aliphatic rings. The number of nitrogens with zero attached hydrogens (tertiary/aromatic N) is 1. The molecule has 150 valence electrons. The van der Waals surface area contributed by atoms with Crippen LogP contribution in [0.3, 0.4) is 0 Å². The fourth-order valence-electron chi connectivity index (χ4n) is 2.81. The fourth-order valence-corrected chi connectivity index (χ4v) is 4.18. The molecule has 2 aromatic carbocycles. The standard InChI is InChI=1S/C22H27NO4S/c1-3-4-5-9-12-21(24)22(25)23(17-19-10-7-6-8-11-19)28(26,27)20-15-13-18(2)14-16-20/h6-8,10-11,13-16H,3-5,9,12,17H2,1-2H3. The molecule has 6 heteroatoms. The SMILES string of the molecule is CCCCCCC(=O)C(=O)N(Cc1ccccc1)S(=O)(=O)c1ccc(C)cc1. The number of unbranched alkanes of at least 4 members (excludes halogenated alkanes) is 3. The lowest BCUT2D eigenvalue weighted by Crippen LogP contribution is -2.40. The third kappa shape index (κ3) is 5.76. The Labute approximate surface area is 167 Å². The number of carbonyl (C=O) groups excluding carboxylic acids is 2. The van der Waals surface area contributed by atoms with Gasteiger partial charge < -0.3 is 0 Å². The maximum atomic E-state index is 13.1. The number of Topliss-reactive ketones (excluding diaryl/α,β-unsaturated/α-hetero) is 1. The zero-order chi connectivity index (χ0) is 20.6. The predicted octanol–water partition coefficient (Wildman–Crippen LogP) is 4.25. The molecule has 0 heterocycles. The van der Waals surface area contributed by atoms with Crippen LogP contribution in [0.15, 0.2) is 59.5 Å². The van der Waals surface area contributed by atoms with E-state index in [4.69, 9.17) is 0 Å². The molecule has 0 aromatic heterocycles. The van der Waals surface area contributed by atoms with Gasteiger partial charge in [0, 0.05) is 6.42 Å². The zero-order valence-corrected chi connectivity index (χ0v) is 17.2. The Kier molecular flexibility index (Phi) is 7.93. The Balaban J connectivity index is 2.29. The number of aryl methyl sites for hydroxylation is 1. The van der Waals surface area contributed by atoms with Crippen LogP contribution >= 0.6 is 0 Å². The number of hydrogen-bond acceptors (Lipinski definition) is 4. The second kappa shape index (κ2) is 10.2. The van der Waals surface area contributed by atoms with Gasteiger partial charge in [-0.05, 0) is 31.0 Å². The summed E-state index contributed by atoms with van der Waals surface area (Å²) in [5.41, 5.74) is 1.55. The van der Waals surface area contributed by atoms with Crippen molar-refractivity contribution >= 4 is 21.7 Å². The van der Waals surface area contributed by atoms with E-state index >= 15 is 0 Å². The molecule has 28 heavy (non-hydrogen) atoms. The largest absolute Gasteiger partial charge is 0.303 e. The molecule has 0 radical (unpaired) electrons. The Hall–Kier alpha value is -2.47. The third-order valence-corrected chi connectivity index (χ3v) is 6.24. The van der Waals surface area contributed by atoms with E-state index in [1.54, 1.807) is 36.4 Å². The third-order valence-electron chi connectivity index (χ3n) is 4.50. The molecule has 0 spiro atoms. The smallest absolute Gasteiger partial charge is 0.289 e. The van der Waals surface area contributed by atoms with Crippen LogP contribution in [-0.2, 0) is 26.2 Å². The minimum absolute atomic E-state index is 0.00108. The molecular formula is C22H27NO4S. The summed E-state index contributed by atoms with van der Waals surface area (Å²) in [6, 6.07) is 15.1. The first-order valence-corrected chi connectivity index (χ1v) is 11.0.